The van der Waals surface area contributed by atoms with Crippen LogP contribution in [0.15, 0.2) is 12.1 Å². The van der Waals surface area contributed by atoms with Crippen LogP contribution in [0.5, 0.6) is 0 Å². The van der Waals surface area contributed by atoms with Crippen LogP contribution in [0.1, 0.15) is 42.2 Å². The molecule has 110 valence electrons. The molecule has 0 bridgehead atoms. The Labute approximate surface area is 119 Å². The molecule has 5 nitrogen and oxygen atoms in total. The number of carboxylic acids is 1. The summed E-state index contributed by atoms with van der Waals surface area (Å²) < 4.78 is 5.61. The number of ether oxygens (including phenoxy) is 1. The fourth-order valence-corrected chi connectivity index (χ4v) is 2.46. The highest BCUT2D eigenvalue weighted by Gasteiger charge is 2.19. The molecule has 5 heteroatoms. The fraction of sp³-hybridized carbons (Fsp3) is 0.600. The van der Waals surface area contributed by atoms with Crippen LogP contribution >= 0.6 is 0 Å². The number of nitrogens with zero attached hydrogens (tertiary/aromatic N) is 2. The van der Waals surface area contributed by atoms with Crippen molar-refractivity contribution >= 4 is 11.8 Å². The zero-order chi connectivity index (χ0) is 14.5. The molecule has 2 heterocycles. The highest BCUT2D eigenvalue weighted by atomic mass is 16.5. The summed E-state index contributed by atoms with van der Waals surface area (Å²) in [5.41, 5.74) is 1.14. The number of pyridine rings is 1. The zero-order valence-corrected chi connectivity index (χ0v) is 12.1. The molecule has 1 aliphatic heterocycles. The van der Waals surface area contributed by atoms with Gasteiger partial charge in [-0.15, -0.1) is 0 Å². The first-order chi connectivity index (χ1) is 9.60. The molecule has 1 fully saturated rings. The van der Waals surface area contributed by atoms with E-state index in [0.717, 1.165) is 44.5 Å². The number of carbonyl (C=O) groups is 1. The van der Waals surface area contributed by atoms with E-state index >= 15 is 0 Å². The summed E-state index contributed by atoms with van der Waals surface area (Å²) in [6.07, 6.45) is 4.13. The van der Waals surface area contributed by atoms with Gasteiger partial charge in [-0.3, -0.25) is 0 Å². The van der Waals surface area contributed by atoms with Crippen LogP contribution in [0, 0.1) is 0 Å². The average Bonchev–Trinajstić information content (AvgIpc) is 2.91. The largest absolute Gasteiger partial charge is 0.478 e. The SMILES string of the molecule is CCCc1cc(C(=O)O)cc(N(C)CC2CCCO2)n1. The predicted octanol–water partition coefficient (Wildman–Crippen LogP) is 2.35. The van der Waals surface area contributed by atoms with E-state index in [1.54, 1.807) is 12.1 Å². The molecule has 0 radical (unpaired) electrons. The van der Waals surface area contributed by atoms with Gasteiger partial charge in [-0.2, -0.15) is 0 Å². The van der Waals surface area contributed by atoms with Gasteiger partial charge in [0.1, 0.15) is 5.82 Å². The van der Waals surface area contributed by atoms with Gasteiger partial charge in [0.25, 0.3) is 0 Å². The Kier molecular flexibility index (Phi) is 4.95. The third kappa shape index (κ3) is 3.70. The summed E-state index contributed by atoms with van der Waals surface area (Å²) in [6, 6.07) is 3.30. The maximum absolute atomic E-state index is 11.2. The minimum atomic E-state index is -0.906. The number of aromatic carboxylic acids is 1. The first-order valence-electron chi connectivity index (χ1n) is 7.17. The highest BCUT2D eigenvalue weighted by molar-refractivity contribution is 5.88. The van der Waals surface area contributed by atoms with Crippen molar-refractivity contribution in [1.82, 2.24) is 4.98 Å². The van der Waals surface area contributed by atoms with Gasteiger partial charge in [-0.25, -0.2) is 9.78 Å². The summed E-state index contributed by atoms with van der Waals surface area (Å²) in [5.74, 6) is -0.194. The molecule has 1 N–H and O–H groups in total. The van der Waals surface area contributed by atoms with Gasteiger partial charge in [-0.1, -0.05) is 13.3 Å². The number of aryl methyl sites for hydroxylation is 1. The Bertz CT molecular complexity index is 470. The van der Waals surface area contributed by atoms with E-state index in [-0.39, 0.29) is 6.10 Å². The van der Waals surface area contributed by atoms with Crippen LogP contribution in [-0.4, -0.2) is 42.4 Å². The summed E-state index contributed by atoms with van der Waals surface area (Å²) >= 11 is 0. The van der Waals surface area contributed by atoms with E-state index in [1.807, 2.05) is 11.9 Å². The summed E-state index contributed by atoms with van der Waals surface area (Å²) in [7, 11) is 1.94. The number of hydrogen-bond acceptors (Lipinski definition) is 4. The maximum Gasteiger partial charge on any atom is 0.335 e. The van der Waals surface area contributed by atoms with Crippen LogP contribution in [0.2, 0.25) is 0 Å². The van der Waals surface area contributed by atoms with Gasteiger partial charge in [0.2, 0.25) is 0 Å². The summed E-state index contributed by atoms with van der Waals surface area (Å²) in [5, 5.41) is 9.20. The third-order valence-electron chi connectivity index (χ3n) is 3.51. The highest BCUT2D eigenvalue weighted by Crippen LogP contribution is 2.19. The summed E-state index contributed by atoms with van der Waals surface area (Å²) in [6.45, 7) is 3.63. The molecule has 1 aromatic heterocycles. The molecule has 1 unspecified atom stereocenters. The number of rotatable bonds is 6. The first-order valence-corrected chi connectivity index (χ1v) is 7.17. The van der Waals surface area contributed by atoms with E-state index in [0.29, 0.717) is 11.4 Å². The molecule has 0 saturated carbocycles. The smallest absolute Gasteiger partial charge is 0.335 e. The van der Waals surface area contributed by atoms with Crippen LogP contribution in [-0.2, 0) is 11.2 Å². The lowest BCUT2D eigenvalue weighted by molar-refractivity contribution is 0.0696. The molecule has 2 rings (SSSR count). The van der Waals surface area contributed by atoms with Crippen LogP contribution < -0.4 is 4.90 Å². The normalized spacial score (nSPS) is 18.2. The van der Waals surface area contributed by atoms with Gasteiger partial charge in [0.15, 0.2) is 0 Å². The van der Waals surface area contributed by atoms with Crippen LogP contribution in [0.4, 0.5) is 5.82 Å². The van der Waals surface area contributed by atoms with E-state index in [2.05, 4.69) is 11.9 Å². The van der Waals surface area contributed by atoms with E-state index in [1.165, 1.54) is 0 Å². The minimum Gasteiger partial charge on any atom is -0.478 e. The maximum atomic E-state index is 11.2. The number of aromatic nitrogens is 1. The topological polar surface area (TPSA) is 62.7 Å². The van der Waals surface area contributed by atoms with Crippen LogP contribution in [0.25, 0.3) is 0 Å². The number of anilines is 1. The zero-order valence-electron chi connectivity index (χ0n) is 12.1. The van der Waals surface area contributed by atoms with Crippen molar-refractivity contribution in [2.75, 3.05) is 25.1 Å². The minimum absolute atomic E-state index is 0.227. The quantitative estimate of drug-likeness (QED) is 0.865. The van der Waals surface area contributed by atoms with Gasteiger partial charge in [0, 0.05) is 25.9 Å². The third-order valence-corrected chi connectivity index (χ3v) is 3.51. The molecular weight excluding hydrogens is 256 g/mol. The Morgan fingerprint density at radius 3 is 2.95 bits per heavy atom. The van der Waals surface area contributed by atoms with Gasteiger partial charge in [0.05, 0.1) is 11.7 Å². The number of carboxylic acid groups (broad SMARTS) is 1. The molecule has 20 heavy (non-hydrogen) atoms. The van der Waals surface area contributed by atoms with Gasteiger partial charge >= 0.3 is 5.97 Å². The lowest BCUT2D eigenvalue weighted by Crippen LogP contribution is -2.29. The van der Waals surface area contributed by atoms with Crippen molar-refractivity contribution in [2.24, 2.45) is 0 Å². The number of hydrogen-bond donors (Lipinski definition) is 1. The molecule has 1 saturated heterocycles. The van der Waals surface area contributed by atoms with Gasteiger partial charge in [-0.05, 0) is 31.4 Å². The van der Waals surface area contributed by atoms with Crippen molar-refractivity contribution < 1.29 is 14.6 Å². The predicted molar refractivity (Wildman–Crippen MR) is 77.4 cm³/mol. The lowest BCUT2D eigenvalue weighted by atomic mass is 10.1. The van der Waals surface area contributed by atoms with E-state index in [4.69, 9.17) is 4.74 Å². The molecule has 1 atom stereocenters. The van der Waals surface area contributed by atoms with Crippen molar-refractivity contribution in [3.8, 4) is 0 Å². The van der Waals surface area contributed by atoms with Crippen LogP contribution in [0.3, 0.4) is 0 Å². The first kappa shape index (κ1) is 14.8. The molecule has 1 aliphatic rings. The monoisotopic (exact) mass is 278 g/mol. The second kappa shape index (κ2) is 6.70. The van der Waals surface area contributed by atoms with E-state index < -0.39 is 5.97 Å². The molecule has 1 aromatic rings. The molecular formula is C15H22N2O3. The summed E-state index contributed by atoms with van der Waals surface area (Å²) in [4.78, 5) is 17.7. The second-order valence-electron chi connectivity index (χ2n) is 5.28. The molecule has 0 amide bonds. The Morgan fingerprint density at radius 1 is 1.55 bits per heavy atom. The van der Waals surface area contributed by atoms with Crippen molar-refractivity contribution in [2.45, 2.75) is 38.7 Å². The van der Waals surface area contributed by atoms with Crippen molar-refractivity contribution in [3.63, 3.8) is 0 Å². The van der Waals surface area contributed by atoms with Crippen molar-refractivity contribution in [3.05, 3.63) is 23.4 Å². The molecule has 0 aliphatic carbocycles. The van der Waals surface area contributed by atoms with Gasteiger partial charge < -0.3 is 14.7 Å². The fourth-order valence-electron chi connectivity index (χ4n) is 2.46. The Hall–Kier alpha value is -1.62. The van der Waals surface area contributed by atoms with E-state index in [9.17, 15) is 9.90 Å². The lowest BCUT2D eigenvalue weighted by Gasteiger charge is -2.22. The van der Waals surface area contributed by atoms with Crippen molar-refractivity contribution in [1.29, 1.82) is 0 Å². The molecule has 0 aromatic carbocycles. The molecule has 0 spiro atoms. The Balaban J connectivity index is 2.17. The standard InChI is InChI=1S/C15H22N2O3/c1-3-5-12-8-11(15(18)19)9-14(16-12)17(2)10-13-6-4-7-20-13/h8-9,13H,3-7,10H2,1-2H3,(H,18,19). The average molecular weight is 278 g/mol. The second-order valence-corrected chi connectivity index (χ2v) is 5.28. The Morgan fingerprint density at radius 2 is 2.35 bits per heavy atom. The number of likely N-dealkylation sites (N-methyl/N-ethyl adjacent to an activating group) is 1.